The van der Waals surface area contributed by atoms with Crippen molar-refractivity contribution in [3.8, 4) is 0 Å². The predicted octanol–water partition coefficient (Wildman–Crippen LogP) is 1.66. The summed E-state index contributed by atoms with van der Waals surface area (Å²) >= 11 is 0. The topological polar surface area (TPSA) is 71.7 Å². The van der Waals surface area contributed by atoms with E-state index in [9.17, 15) is 9.90 Å². The summed E-state index contributed by atoms with van der Waals surface area (Å²) in [4.78, 5) is 11.8. The molecule has 1 heterocycles. The van der Waals surface area contributed by atoms with Gasteiger partial charge in [0.05, 0.1) is 18.3 Å². The zero-order valence-electron chi connectivity index (χ0n) is 12.0. The predicted molar refractivity (Wildman–Crippen MR) is 72.2 cm³/mol. The number of aliphatic hydroxyl groups excluding tert-OH is 1. The largest absolute Gasteiger partial charge is 0.466 e. The standard InChI is InChI=1S/C14H23NO4/c1-9(2)7-18-8-12(16)6-15-14(17)13-5-10(3)19-11(13)4/h5,9,12,16H,6-8H2,1-4H3,(H,15,17). The van der Waals surface area contributed by atoms with Crippen molar-refractivity contribution in [1.29, 1.82) is 0 Å². The lowest BCUT2D eigenvalue weighted by Gasteiger charge is -2.13. The van der Waals surface area contributed by atoms with Crippen molar-refractivity contribution in [2.45, 2.75) is 33.8 Å². The second-order valence-electron chi connectivity index (χ2n) is 5.12. The van der Waals surface area contributed by atoms with E-state index in [2.05, 4.69) is 5.32 Å². The minimum absolute atomic E-state index is 0.167. The summed E-state index contributed by atoms with van der Waals surface area (Å²) in [5.74, 6) is 1.47. The number of ether oxygens (including phenoxy) is 1. The average Bonchev–Trinajstić information content (AvgIpc) is 2.65. The van der Waals surface area contributed by atoms with Crippen LogP contribution < -0.4 is 5.32 Å². The molecule has 0 aliphatic heterocycles. The van der Waals surface area contributed by atoms with E-state index in [0.29, 0.717) is 29.6 Å². The molecule has 1 amide bonds. The summed E-state index contributed by atoms with van der Waals surface area (Å²) in [6, 6.07) is 1.69. The van der Waals surface area contributed by atoms with Crippen LogP contribution in [0, 0.1) is 19.8 Å². The molecule has 0 bridgehead atoms. The highest BCUT2D eigenvalue weighted by Gasteiger charge is 2.14. The first-order chi connectivity index (χ1) is 8.90. The van der Waals surface area contributed by atoms with Gasteiger partial charge in [0, 0.05) is 13.2 Å². The molecule has 1 aromatic rings. The molecule has 1 atom stereocenters. The highest BCUT2D eigenvalue weighted by atomic mass is 16.5. The molecule has 0 saturated carbocycles. The summed E-state index contributed by atoms with van der Waals surface area (Å²) in [6.45, 7) is 8.60. The summed E-state index contributed by atoms with van der Waals surface area (Å²) < 4.78 is 10.6. The number of carbonyl (C=O) groups excluding carboxylic acids is 1. The van der Waals surface area contributed by atoms with Crippen molar-refractivity contribution >= 4 is 5.91 Å². The summed E-state index contributed by atoms with van der Waals surface area (Å²) in [5, 5.41) is 12.3. The van der Waals surface area contributed by atoms with Gasteiger partial charge in [-0.25, -0.2) is 0 Å². The van der Waals surface area contributed by atoms with E-state index < -0.39 is 6.10 Å². The van der Waals surface area contributed by atoms with Crippen molar-refractivity contribution in [2.75, 3.05) is 19.8 Å². The molecule has 0 fully saturated rings. The molecule has 5 heteroatoms. The van der Waals surface area contributed by atoms with Crippen molar-refractivity contribution < 1.29 is 19.1 Å². The van der Waals surface area contributed by atoms with Crippen LogP contribution in [-0.4, -0.2) is 36.9 Å². The van der Waals surface area contributed by atoms with Crippen LogP contribution in [0.1, 0.15) is 35.7 Å². The molecule has 0 radical (unpaired) electrons. The van der Waals surface area contributed by atoms with Crippen LogP contribution in [0.5, 0.6) is 0 Å². The van der Waals surface area contributed by atoms with Gasteiger partial charge in [0.15, 0.2) is 0 Å². The third-order valence-electron chi connectivity index (χ3n) is 2.55. The summed E-state index contributed by atoms with van der Waals surface area (Å²) in [6.07, 6.45) is -0.698. The number of hydrogen-bond acceptors (Lipinski definition) is 4. The second kappa shape index (κ2) is 7.31. The molecule has 0 spiro atoms. The summed E-state index contributed by atoms with van der Waals surface area (Å²) in [7, 11) is 0. The maximum Gasteiger partial charge on any atom is 0.254 e. The monoisotopic (exact) mass is 269 g/mol. The Hall–Kier alpha value is -1.33. The van der Waals surface area contributed by atoms with E-state index in [4.69, 9.17) is 9.15 Å². The highest BCUT2D eigenvalue weighted by molar-refractivity contribution is 5.95. The Morgan fingerprint density at radius 1 is 1.42 bits per heavy atom. The fourth-order valence-corrected chi connectivity index (χ4v) is 1.66. The van der Waals surface area contributed by atoms with Crippen molar-refractivity contribution in [2.24, 2.45) is 5.92 Å². The number of aliphatic hydroxyl groups is 1. The van der Waals surface area contributed by atoms with Gasteiger partial charge in [-0.05, 0) is 25.8 Å². The first-order valence-electron chi connectivity index (χ1n) is 6.51. The number of amides is 1. The first-order valence-corrected chi connectivity index (χ1v) is 6.51. The Balaban J connectivity index is 2.32. The van der Waals surface area contributed by atoms with Crippen LogP contribution in [0.3, 0.4) is 0 Å². The van der Waals surface area contributed by atoms with Crippen molar-refractivity contribution in [3.63, 3.8) is 0 Å². The Morgan fingerprint density at radius 3 is 2.63 bits per heavy atom. The molecule has 0 aromatic carbocycles. The van der Waals surface area contributed by atoms with Crippen LogP contribution in [0.15, 0.2) is 10.5 Å². The molecule has 1 aromatic heterocycles. The van der Waals surface area contributed by atoms with Crippen LogP contribution >= 0.6 is 0 Å². The minimum Gasteiger partial charge on any atom is -0.466 e. The Labute approximate surface area is 113 Å². The third-order valence-corrected chi connectivity index (χ3v) is 2.55. The molecule has 5 nitrogen and oxygen atoms in total. The Bertz CT molecular complexity index is 412. The normalized spacial score (nSPS) is 12.7. The number of hydrogen-bond donors (Lipinski definition) is 2. The molecule has 0 aliphatic carbocycles. The Morgan fingerprint density at radius 2 is 2.11 bits per heavy atom. The van der Waals surface area contributed by atoms with Gasteiger partial charge in [0.1, 0.15) is 11.5 Å². The van der Waals surface area contributed by atoms with Gasteiger partial charge < -0.3 is 19.6 Å². The quantitative estimate of drug-likeness (QED) is 0.789. The van der Waals surface area contributed by atoms with Crippen molar-refractivity contribution in [3.05, 3.63) is 23.2 Å². The number of carbonyl (C=O) groups is 1. The second-order valence-corrected chi connectivity index (χ2v) is 5.12. The Kier molecular flexibility index (Phi) is 6.05. The maximum absolute atomic E-state index is 11.8. The lowest BCUT2D eigenvalue weighted by Crippen LogP contribution is -2.34. The molecule has 1 unspecified atom stereocenters. The maximum atomic E-state index is 11.8. The first kappa shape index (κ1) is 15.7. The molecule has 19 heavy (non-hydrogen) atoms. The average molecular weight is 269 g/mol. The SMILES string of the molecule is Cc1cc(C(=O)NCC(O)COCC(C)C)c(C)o1. The lowest BCUT2D eigenvalue weighted by molar-refractivity contribution is 0.0259. The fraction of sp³-hybridized carbons (Fsp3) is 0.643. The van der Waals surface area contributed by atoms with E-state index in [0.717, 1.165) is 0 Å². The van der Waals surface area contributed by atoms with Crippen LogP contribution in [0.25, 0.3) is 0 Å². The van der Waals surface area contributed by atoms with Gasteiger partial charge in [-0.1, -0.05) is 13.8 Å². The molecule has 0 aliphatic rings. The molecule has 0 saturated heterocycles. The van der Waals surface area contributed by atoms with E-state index in [1.54, 1.807) is 19.9 Å². The van der Waals surface area contributed by atoms with Crippen LogP contribution in [0.2, 0.25) is 0 Å². The van der Waals surface area contributed by atoms with Gasteiger partial charge >= 0.3 is 0 Å². The van der Waals surface area contributed by atoms with Gasteiger partial charge in [-0.15, -0.1) is 0 Å². The fourth-order valence-electron chi connectivity index (χ4n) is 1.66. The summed E-state index contributed by atoms with van der Waals surface area (Å²) in [5.41, 5.74) is 0.507. The number of nitrogens with one attached hydrogen (secondary N) is 1. The zero-order chi connectivity index (χ0) is 14.4. The van der Waals surface area contributed by atoms with Crippen LogP contribution in [0.4, 0.5) is 0 Å². The van der Waals surface area contributed by atoms with Gasteiger partial charge in [0.2, 0.25) is 0 Å². The van der Waals surface area contributed by atoms with Gasteiger partial charge in [0.25, 0.3) is 5.91 Å². The lowest BCUT2D eigenvalue weighted by atomic mass is 10.2. The highest BCUT2D eigenvalue weighted by Crippen LogP contribution is 2.13. The number of rotatable bonds is 7. The van der Waals surface area contributed by atoms with E-state index in [1.165, 1.54) is 0 Å². The van der Waals surface area contributed by atoms with E-state index in [1.807, 2.05) is 13.8 Å². The van der Waals surface area contributed by atoms with Crippen molar-refractivity contribution in [1.82, 2.24) is 5.32 Å². The van der Waals surface area contributed by atoms with Gasteiger partial charge in [-0.3, -0.25) is 4.79 Å². The zero-order valence-corrected chi connectivity index (χ0v) is 12.0. The molecular weight excluding hydrogens is 246 g/mol. The van der Waals surface area contributed by atoms with E-state index >= 15 is 0 Å². The van der Waals surface area contributed by atoms with E-state index in [-0.39, 0.29) is 19.1 Å². The third kappa shape index (κ3) is 5.44. The van der Waals surface area contributed by atoms with Crippen LogP contribution in [-0.2, 0) is 4.74 Å². The molecule has 1 rings (SSSR count). The number of aryl methyl sites for hydroxylation is 2. The number of furan rings is 1. The van der Waals surface area contributed by atoms with Gasteiger partial charge in [-0.2, -0.15) is 0 Å². The minimum atomic E-state index is -0.698. The molecule has 108 valence electrons. The molecular formula is C14H23NO4. The smallest absolute Gasteiger partial charge is 0.254 e. The molecule has 2 N–H and O–H groups in total.